The zero-order chi connectivity index (χ0) is 39.2. The van der Waals surface area contributed by atoms with Gasteiger partial charge in [-0.25, -0.2) is 28.7 Å². The van der Waals surface area contributed by atoms with Gasteiger partial charge in [0, 0.05) is 25.0 Å². The van der Waals surface area contributed by atoms with E-state index in [1.54, 1.807) is 64.6 Å². The Morgan fingerprint density at radius 2 is 1.54 bits per heavy atom. The highest BCUT2D eigenvalue weighted by Crippen LogP contribution is 2.31. The van der Waals surface area contributed by atoms with Crippen LogP contribution >= 0.6 is 0 Å². The number of nitrogen functional groups attached to an aromatic ring is 1. The van der Waals surface area contributed by atoms with Gasteiger partial charge in [-0.2, -0.15) is 0 Å². The number of benzene rings is 3. The van der Waals surface area contributed by atoms with Gasteiger partial charge in [0.2, 0.25) is 5.95 Å². The Labute approximate surface area is 313 Å². The molecule has 4 aromatic rings. The highest BCUT2D eigenvalue weighted by atomic mass is 19.1. The molecule has 0 aliphatic carbocycles. The fraction of sp³-hybridized carbons (Fsp3) is 0.400. The van der Waals surface area contributed by atoms with Crippen molar-refractivity contribution in [3.63, 3.8) is 0 Å². The third-order valence-corrected chi connectivity index (χ3v) is 8.36. The minimum absolute atomic E-state index is 0.0532. The lowest BCUT2D eigenvalue weighted by atomic mass is 9.97. The van der Waals surface area contributed by atoms with Crippen LogP contribution in [0.2, 0.25) is 0 Å². The number of rotatable bonds is 11. The number of esters is 1. The van der Waals surface area contributed by atoms with Crippen LogP contribution in [-0.4, -0.2) is 62.7 Å². The Balaban J connectivity index is 1.33. The predicted octanol–water partition coefficient (Wildman–Crippen LogP) is 6.81. The minimum Gasteiger partial charge on any atom is -0.459 e. The van der Waals surface area contributed by atoms with E-state index in [4.69, 9.17) is 19.9 Å². The van der Waals surface area contributed by atoms with Gasteiger partial charge in [-0.05, 0) is 113 Å². The summed E-state index contributed by atoms with van der Waals surface area (Å²) in [5.41, 5.74) is 8.65. The number of halogens is 1. The van der Waals surface area contributed by atoms with Crippen LogP contribution < -0.4 is 16.4 Å². The molecule has 286 valence electrons. The smallest absolute Gasteiger partial charge is 0.408 e. The van der Waals surface area contributed by atoms with Crippen LogP contribution in [0.4, 0.5) is 19.9 Å². The van der Waals surface area contributed by atoms with Gasteiger partial charge < -0.3 is 35.5 Å². The number of nitrogens with zero attached hydrogens (tertiary/aromatic N) is 3. The summed E-state index contributed by atoms with van der Waals surface area (Å²) in [6.07, 6.45) is -0.212. The molecule has 3 amide bonds. The summed E-state index contributed by atoms with van der Waals surface area (Å²) in [6, 6.07) is 15.9. The van der Waals surface area contributed by atoms with Crippen molar-refractivity contribution in [2.75, 3.05) is 12.3 Å². The summed E-state index contributed by atoms with van der Waals surface area (Å²) in [6.45, 7) is 11.3. The Bertz CT molecular complexity index is 2020. The third kappa shape index (κ3) is 10.6. The first-order valence-corrected chi connectivity index (χ1v) is 17.8. The number of ether oxygens (including phenoxy) is 3. The lowest BCUT2D eigenvalue weighted by Gasteiger charge is -2.23. The van der Waals surface area contributed by atoms with Gasteiger partial charge >= 0.3 is 18.2 Å². The average molecular weight is 743 g/mol. The van der Waals surface area contributed by atoms with Crippen LogP contribution in [0.15, 0.2) is 60.7 Å². The molecule has 0 saturated heterocycles. The fourth-order valence-electron chi connectivity index (χ4n) is 5.97. The summed E-state index contributed by atoms with van der Waals surface area (Å²) in [5, 5.41) is 5.70. The van der Waals surface area contributed by atoms with Crippen molar-refractivity contribution in [3.8, 4) is 11.1 Å². The molecule has 13 nitrogen and oxygen atoms in total. The maximum atomic E-state index is 14.8. The largest absolute Gasteiger partial charge is 0.459 e. The molecule has 1 aromatic heterocycles. The van der Waals surface area contributed by atoms with E-state index in [0.717, 1.165) is 11.1 Å². The molecule has 0 fully saturated rings. The van der Waals surface area contributed by atoms with Gasteiger partial charge in [0.05, 0.1) is 5.52 Å². The van der Waals surface area contributed by atoms with Gasteiger partial charge in [-0.15, -0.1) is 0 Å². The summed E-state index contributed by atoms with van der Waals surface area (Å²) in [4.78, 5) is 62.3. The van der Waals surface area contributed by atoms with Gasteiger partial charge in [-0.3, -0.25) is 4.79 Å². The molecule has 54 heavy (non-hydrogen) atoms. The van der Waals surface area contributed by atoms with E-state index in [1.165, 1.54) is 18.2 Å². The van der Waals surface area contributed by atoms with Crippen LogP contribution in [0.3, 0.4) is 0 Å². The van der Waals surface area contributed by atoms with Crippen molar-refractivity contribution in [2.24, 2.45) is 0 Å². The van der Waals surface area contributed by atoms with Crippen molar-refractivity contribution < 1.29 is 37.8 Å². The SMILES string of the molecule is CC(C)(C)OC(=O)NCCCC[C@H](NC(=O)OC(C)(C)C)C(=O)OCc1ccc(F)cc1-c1ccc2nc(N)nc(C(=O)N3Cc4ccccc4C3)c2c1. The highest BCUT2D eigenvalue weighted by Gasteiger charge is 2.28. The molecule has 1 atom stereocenters. The minimum atomic E-state index is -1.07. The second-order valence-electron chi connectivity index (χ2n) is 15.1. The van der Waals surface area contributed by atoms with Crippen LogP contribution in [0.25, 0.3) is 22.0 Å². The summed E-state index contributed by atoms with van der Waals surface area (Å²) in [7, 11) is 0. The molecule has 3 aromatic carbocycles. The number of amides is 3. The number of aromatic nitrogens is 2. The number of carbonyl (C=O) groups is 4. The van der Waals surface area contributed by atoms with Crippen molar-refractivity contribution in [2.45, 2.75) is 97.7 Å². The first-order valence-electron chi connectivity index (χ1n) is 17.8. The maximum Gasteiger partial charge on any atom is 0.408 e. The van der Waals surface area contributed by atoms with Gasteiger partial charge in [0.1, 0.15) is 35.4 Å². The van der Waals surface area contributed by atoms with Gasteiger partial charge in [-0.1, -0.05) is 36.4 Å². The molecule has 0 saturated carbocycles. The molecule has 0 unspecified atom stereocenters. The van der Waals surface area contributed by atoms with Crippen LogP contribution in [0, 0.1) is 5.82 Å². The van der Waals surface area contributed by atoms with E-state index in [-0.39, 0.29) is 30.6 Å². The molecule has 2 heterocycles. The standard InChI is InChI=1S/C40H47FN6O7/c1-39(2,3)53-37(50)43-18-10-9-13-32(45-38(51)54-40(4,5)6)35(49)52-23-27-14-16-28(41)20-29(27)24-15-17-31-30(19-24)33(46-36(42)44-31)34(48)47-21-25-11-7-8-12-26(25)22-47/h7-8,11-12,14-17,19-20,32H,9-10,13,18,21-23H2,1-6H3,(H,43,50)(H,45,51)(H2,42,44,46)/t32-/m0/s1. The van der Waals surface area contributed by atoms with E-state index in [2.05, 4.69) is 20.6 Å². The molecule has 1 aliphatic rings. The van der Waals surface area contributed by atoms with Crippen molar-refractivity contribution in [3.05, 3.63) is 88.9 Å². The topological polar surface area (TPSA) is 175 Å². The molecular formula is C40H47FN6O7. The third-order valence-electron chi connectivity index (χ3n) is 8.36. The summed E-state index contributed by atoms with van der Waals surface area (Å²) >= 11 is 0. The van der Waals surface area contributed by atoms with Crippen LogP contribution in [0.5, 0.6) is 0 Å². The Hall–Kier alpha value is -5.79. The number of anilines is 1. The van der Waals surface area contributed by atoms with Crippen molar-refractivity contribution >= 4 is 40.9 Å². The number of alkyl carbamates (subject to hydrolysis) is 2. The lowest BCUT2D eigenvalue weighted by Crippen LogP contribution is -2.44. The van der Waals surface area contributed by atoms with E-state index in [9.17, 15) is 23.6 Å². The molecule has 0 bridgehead atoms. The Kier molecular flexibility index (Phi) is 12.0. The van der Waals surface area contributed by atoms with E-state index in [1.807, 2.05) is 24.3 Å². The molecule has 1 aliphatic heterocycles. The molecular weight excluding hydrogens is 695 g/mol. The Morgan fingerprint density at radius 1 is 0.870 bits per heavy atom. The normalized spacial score (nSPS) is 13.2. The number of unbranched alkanes of at least 4 members (excludes halogenated alkanes) is 1. The molecule has 0 spiro atoms. The Morgan fingerprint density at radius 3 is 2.20 bits per heavy atom. The quantitative estimate of drug-likeness (QED) is 0.0842. The van der Waals surface area contributed by atoms with Crippen molar-refractivity contribution in [1.29, 1.82) is 0 Å². The van der Waals surface area contributed by atoms with Gasteiger partial charge in [0.15, 0.2) is 0 Å². The molecule has 14 heteroatoms. The number of fused-ring (bicyclic) bond motifs is 2. The lowest BCUT2D eigenvalue weighted by molar-refractivity contribution is -0.147. The van der Waals surface area contributed by atoms with E-state index >= 15 is 0 Å². The second kappa shape index (κ2) is 16.5. The van der Waals surface area contributed by atoms with Crippen LogP contribution in [0.1, 0.15) is 88.0 Å². The first kappa shape index (κ1) is 39.4. The summed E-state index contributed by atoms with van der Waals surface area (Å²) < 4.78 is 31.1. The molecule has 5 rings (SSSR count). The number of nitrogens with one attached hydrogen (secondary N) is 2. The number of hydrogen-bond acceptors (Lipinski definition) is 10. The van der Waals surface area contributed by atoms with Crippen molar-refractivity contribution in [1.82, 2.24) is 25.5 Å². The average Bonchev–Trinajstić information content (AvgIpc) is 3.52. The fourth-order valence-corrected chi connectivity index (χ4v) is 5.97. The number of nitrogens with two attached hydrogens (primary N) is 1. The first-order chi connectivity index (χ1) is 25.5. The summed E-state index contributed by atoms with van der Waals surface area (Å²) in [5.74, 6) is -1.62. The molecule has 4 N–H and O–H groups in total. The molecule has 0 radical (unpaired) electrons. The predicted molar refractivity (Wildman–Crippen MR) is 200 cm³/mol. The zero-order valence-corrected chi connectivity index (χ0v) is 31.5. The van der Waals surface area contributed by atoms with Crippen LogP contribution in [-0.2, 0) is 38.7 Å². The van der Waals surface area contributed by atoms with E-state index < -0.39 is 41.2 Å². The zero-order valence-electron chi connectivity index (χ0n) is 31.5. The maximum absolute atomic E-state index is 14.8. The van der Waals surface area contributed by atoms with Gasteiger partial charge in [0.25, 0.3) is 5.91 Å². The second-order valence-corrected chi connectivity index (χ2v) is 15.1. The number of carbonyl (C=O) groups excluding carboxylic acids is 4. The monoisotopic (exact) mass is 742 g/mol. The number of hydrogen-bond donors (Lipinski definition) is 3. The highest BCUT2D eigenvalue weighted by molar-refractivity contribution is 6.06. The van der Waals surface area contributed by atoms with E-state index in [0.29, 0.717) is 60.1 Å².